The summed E-state index contributed by atoms with van der Waals surface area (Å²) in [6.07, 6.45) is -9.52. The van der Waals surface area contributed by atoms with E-state index in [0.29, 0.717) is 6.07 Å². The number of hydrogen-bond acceptors (Lipinski definition) is 5. The lowest BCUT2D eigenvalue weighted by atomic mass is 10.2. The molecule has 1 N–H and O–H groups in total. The lowest BCUT2D eigenvalue weighted by molar-refractivity contribution is -0.384. The lowest BCUT2D eigenvalue weighted by Gasteiger charge is -2.15. The zero-order valence-electron chi connectivity index (χ0n) is 18.2. The highest BCUT2D eigenvalue weighted by atomic mass is 35.5. The molecule has 8 nitrogen and oxygen atoms in total. The van der Waals surface area contributed by atoms with Gasteiger partial charge in [-0.2, -0.15) is 31.4 Å². The van der Waals surface area contributed by atoms with Crippen LogP contribution >= 0.6 is 11.6 Å². The van der Waals surface area contributed by atoms with Gasteiger partial charge in [0, 0.05) is 12.1 Å². The van der Waals surface area contributed by atoms with Crippen molar-refractivity contribution in [2.75, 3.05) is 5.32 Å². The molecule has 1 amide bonds. The molecule has 0 aliphatic carbocycles. The SMILES string of the molecule is Cc1c(Cl)c(C(F)(F)F)nn1C(C)C(=O)Nc1cc(Oc2cccc(C(F)(F)F)c2)cc([N+](=O)[O-])c1. The molecule has 0 aliphatic rings. The Morgan fingerprint density at radius 1 is 1.11 bits per heavy atom. The summed E-state index contributed by atoms with van der Waals surface area (Å²) in [7, 11) is 0. The van der Waals surface area contributed by atoms with Crippen LogP contribution in [0.3, 0.4) is 0 Å². The first-order valence-electron chi connectivity index (χ1n) is 9.85. The molecule has 1 aromatic heterocycles. The molecule has 0 saturated carbocycles. The third-order valence-electron chi connectivity index (χ3n) is 4.86. The minimum atomic E-state index is -4.86. The number of ether oxygens (including phenoxy) is 1. The van der Waals surface area contributed by atoms with E-state index in [9.17, 15) is 41.3 Å². The number of halogens is 7. The standard InChI is InChI=1S/C21H15ClF6N4O4/c1-10-17(22)18(21(26,27)28)30-31(10)11(2)19(33)29-13-7-14(32(34)35)9-16(8-13)36-15-5-3-4-12(6-15)20(23,24)25/h3-9,11H,1-2H3,(H,29,33). The highest BCUT2D eigenvalue weighted by molar-refractivity contribution is 6.32. The van der Waals surface area contributed by atoms with Crippen molar-refractivity contribution >= 4 is 28.9 Å². The molecule has 0 spiro atoms. The van der Waals surface area contributed by atoms with Crippen LogP contribution in [0.5, 0.6) is 11.5 Å². The summed E-state index contributed by atoms with van der Waals surface area (Å²) in [5.74, 6) is -1.46. The van der Waals surface area contributed by atoms with Crippen LogP contribution in [0.1, 0.15) is 29.9 Å². The quantitative estimate of drug-likeness (QED) is 0.213. The van der Waals surface area contributed by atoms with Crippen molar-refractivity contribution < 1.29 is 40.8 Å². The second-order valence-corrected chi connectivity index (χ2v) is 7.83. The Balaban J connectivity index is 1.89. The van der Waals surface area contributed by atoms with E-state index in [1.54, 1.807) is 0 Å². The number of nitrogens with one attached hydrogen (secondary N) is 1. The molecule has 1 unspecified atom stereocenters. The number of nitro groups is 1. The van der Waals surface area contributed by atoms with Crippen molar-refractivity contribution in [3.8, 4) is 11.5 Å². The molecule has 0 saturated heterocycles. The molecule has 0 bridgehead atoms. The van der Waals surface area contributed by atoms with E-state index in [1.807, 2.05) is 0 Å². The van der Waals surface area contributed by atoms with Gasteiger partial charge in [-0.15, -0.1) is 0 Å². The molecule has 36 heavy (non-hydrogen) atoms. The number of anilines is 1. The Kier molecular flexibility index (Phi) is 7.20. The normalized spacial score (nSPS) is 12.8. The van der Waals surface area contributed by atoms with Gasteiger partial charge in [-0.05, 0) is 32.0 Å². The molecule has 0 fully saturated rings. The summed E-state index contributed by atoms with van der Waals surface area (Å²) in [5, 5.41) is 16.3. The number of carbonyl (C=O) groups excluding carboxylic acids is 1. The van der Waals surface area contributed by atoms with Crippen LogP contribution in [-0.4, -0.2) is 20.6 Å². The highest BCUT2D eigenvalue weighted by Crippen LogP contribution is 2.37. The fraction of sp³-hybridized carbons (Fsp3) is 0.238. The first kappa shape index (κ1) is 26.8. The van der Waals surface area contributed by atoms with Crippen molar-refractivity contribution in [1.82, 2.24) is 9.78 Å². The summed E-state index contributed by atoms with van der Waals surface area (Å²) >= 11 is 5.70. The molecule has 0 radical (unpaired) electrons. The van der Waals surface area contributed by atoms with Gasteiger partial charge in [0.1, 0.15) is 17.5 Å². The fourth-order valence-electron chi connectivity index (χ4n) is 3.11. The number of carbonyl (C=O) groups is 1. The van der Waals surface area contributed by atoms with Crippen LogP contribution in [0.4, 0.5) is 37.7 Å². The second-order valence-electron chi connectivity index (χ2n) is 7.46. The predicted molar refractivity (Wildman–Crippen MR) is 115 cm³/mol. The van der Waals surface area contributed by atoms with Gasteiger partial charge < -0.3 is 10.1 Å². The number of non-ortho nitro benzene ring substituents is 1. The van der Waals surface area contributed by atoms with Gasteiger partial charge in [-0.3, -0.25) is 19.6 Å². The molecule has 3 aromatic rings. The van der Waals surface area contributed by atoms with Crippen molar-refractivity contribution in [2.45, 2.75) is 32.2 Å². The number of nitro benzene ring substituents is 1. The van der Waals surface area contributed by atoms with Crippen molar-refractivity contribution in [1.29, 1.82) is 0 Å². The van der Waals surface area contributed by atoms with E-state index in [2.05, 4.69) is 10.4 Å². The van der Waals surface area contributed by atoms with Gasteiger partial charge in [0.15, 0.2) is 5.69 Å². The molecule has 0 aliphatic heterocycles. The monoisotopic (exact) mass is 536 g/mol. The zero-order valence-corrected chi connectivity index (χ0v) is 19.0. The van der Waals surface area contributed by atoms with Crippen LogP contribution in [0, 0.1) is 17.0 Å². The van der Waals surface area contributed by atoms with Crippen LogP contribution < -0.4 is 10.1 Å². The lowest BCUT2D eigenvalue weighted by Crippen LogP contribution is -2.25. The van der Waals surface area contributed by atoms with Crippen LogP contribution in [0.2, 0.25) is 5.02 Å². The van der Waals surface area contributed by atoms with Gasteiger partial charge in [-0.25, -0.2) is 0 Å². The Hall–Kier alpha value is -3.81. The van der Waals surface area contributed by atoms with Crippen molar-refractivity contribution in [2.24, 2.45) is 0 Å². The smallest absolute Gasteiger partial charge is 0.436 e. The van der Waals surface area contributed by atoms with Gasteiger partial charge >= 0.3 is 12.4 Å². The molecule has 1 atom stereocenters. The number of benzene rings is 2. The molecular formula is C21H15ClF6N4O4. The molecule has 3 rings (SSSR count). The summed E-state index contributed by atoms with van der Waals surface area (Å²) in [4.78, 5) is 23.2. The Morgan fingerprint density at radius 2 is 1.78 bits per heavy atom. The Labute approximate surface area is 203 Å². The zero-order chi connectivity index (χ0) is 27.0. The summed E-state index contributed by atoms with van der Waals surface area (Å²) < 4.78 is 84.2. The van der Waals surface area contributed by atoms with Crippen molar-refractivity contribution in [3.63, 3.8) is 0 Å². The molecule has 15 heteroatoms. The number of rotatable bonds is 6. The number of alkyl halides is 6. The van der Waals surface area contributed by atoms with Crippen LogP contribution in [-0.2, 0) is 17.1 Å². The third-order valence-corrected chi connectivity index (χ3v) is 5.31. The fourth-order valence-corrected chi connectivity index (χ4v) is 3.34. The summed E-state index contributed by atoms with van der Waals surface area (Å²) in [6.45, 7) is 2.45. The minimum Gasteiger partial charge on any atom is -0.457 e. The largest absolute Gasteiger partial charge is 0.457 e. The van der Waals surface area contributed by atoms with Crippen molar-refractivity contribution in [3.05, 3.63) is 74.6 Å². The Bertz CT molecular complexity index is 1320. The topological polar surface area (TPSA) is 99.3 Å². The average molecular weight is 537 g/mol. The average Bonchev–Trinajstić information content (AvgIpc) is 3.07. The van der Waals surface area contributed by atoms with E-state index >= 15 is 0 Å². The van der Waals surface area contributed by atoms with Gasteiger partial charge in [0.05, 0.1) is 33.0 Å². The maximum absolute atomic E-state index is 13.1. The first-order valence-corrected chi connectivity index (χ1v) is 10.2. The van der Waals surface area contributed by atoms with Gasteiger partial charge in [-0.1, -0.05) is 17.7 Å². The predicted octanol–water partition coefficient (Wildman–Crippen LogP) is 6.78. The van der Waals surface area contributed by atoms with E-state index in [-0.39, 0.29) is 22.9 Å². The van der Waals surface area contributed by atoms with E-state index in [4.69, 9.17) is 16.3 Å². The number of hydrogen-bond donors (Lipinski definition) is 1. The summed E-state index contributed by atoms with van der Waals surface area (Å²) in [5.41, 5.74) is -3.30. The highest BCUT2D eigenvalue weighted by Gasteiger charge is 2.39. The van der Waals surface area contributed by atoms with Crippen LogP contribution in [0.25, 0.3) is 0 Å². The summed E-state index contributed by atoms with van der Waals surface area (Å²) in [6, 6.07) is 5.39. The first-order chi connectivity index (χ1) is 16.6. The second kappa shape index (κ2) is 9.68. The van der Waals surface area contributed by atoms with E-state index in [0.717, 1.165) is 35.0 Å². The molecule has 2 aromatic carbocycles. The Morgan fingerprint density at radius 3 is 2.33 bits per heavy atom. The molecule has 192 valence electrons. The third kappa shape index (κ3) is 5.87. The van der Waals surface area contributed by atoms with E-state index < -0.39 is 51.2 Å². The number of nitrogens with zero attached hydrogens (tertiary/aromatic N) is 3. The molecule has 1 heterocycles. The van der Waals surface area contributed by atoms with Crippen LogP contribution in [0.15, 0.2) is 42.5 Å². The van der Waals surface area contributed by atoms with Gasteiger partial charge in [0.25, 0.3) is 5.69 Å². The molecular weight excluding hydrogens is 522 g/mol. The van der Waals surface area contributed by atoms with Gasteiger partial charge in [0.2, 0.25) is 5.91 Å². The minimum absolute atomic E-state index is 0.140. The maximum atomic E-state index is 13.1. The maximum Gasteiger partial charge on any atom is 0.436 e. The van der Waals surface area contributed by atoms with E-state index in [1.165, 1.54) is 19.9 Å². The number of aromatic nitrogens is 2. The number of amides is 1.